The van der Waals surface area contributed by atoms with E-state index in [1.807, 2.05) is 37.3 Å². The molecule has 0 fully saturated rings. The van der Waals surface area contributed by atoms with Crippen molar-refractivity contribution in [2.45, 2.75) is 6.92 Å². The van der Waals surface area contributed by atoms with Crippen molar-refractivity contribution in [1.29, 1.82) is 0 Å². The average molecular weight is 250 g/mol. The number of halogens is 1. The molecule has 2 rings (SSSR count). The highest BCUT2D eigenvalue weighted by molar-refractivity contribution is 6.35. The molecule has 0 saturated carbocycles. The van der Waals surface area contributed by atoms with Gasteiger partial charge in [0.2, 0.25) is 0 Å². The Kier molecular flexibility index (Phi) is 3.28. The summed E-state index contributed by atoms with van der Waals surface area (Å²) in [6.45, 7) is 1.95. The molecule has 2 aromatic rings. The Balaban J connectivity index is 2.56. The Morgan fingerprint density at radius 2 is 2.18 bits per heavy atom. The first-order chi connectivity index (χ1) is 8.08. The molecule has 0 aromatic heterocycles. The average Bonchev–Trinajstić information content (AvgIpc) is 2.28. The number of hydrogen-bond acceptors (Lipinski definition) is 4. The number of nitrogens with two attached hydrogens (primary N) is 1. The summed E-state index contributed by atoms with van der Waals surface area (Å²) in [5.74, 6) is 5.00. The molecule has 0 aliphatic heterocycles. The van der Waals surface area contributed by atoms with Gasteiger partial charge in [0, 0.05) is 10.4 Å². The molecule has 0 aliphatic carbocycles. The number of hydrogen-bond donors (Lipinski definition) is 2. The van der Waals surface area contributed by atoms with Crippen LogP contribution in [0.3, 0.4) is 0 Å². The SMILES string of the molecule is Cc1cc2c(Cl)cccc2cc1C=NN(N)O. The zero-order chi connectivity index (χ0) is 12.4. The Morgan fingerprint density at radius 3 is 2.88 bits per heavy atom. The predicted octanol–water partition coefficient (Wildman–Crippen LogP) is 2.70. The van der Waals surface area contributed by atoms with Crippen LogP contribution in [0.1, 0.15) is 11.1 Å². The third-order valence-corrected chi connectivity index (χ3v) is 2.86. The van der Waals surface area contributed by atoms with Crippen LogP contribution in [0.25, 0.3) is 10.8 Å². The standard InChI is InChI=1S/C12H12ClN3O/c1-8-5-11-9(3-2-4-12(11)13)6-10(8)7-15-16(14)17/h2-7,17H,14H2,1H3. The molecule has 5 heteroatoms. The summed E-state index contributed by atoms with van der Waals surface area (Å²) in [5.41, 5.74) is 1.89. The van der Waals surface area contributed by atoms with Crippen molar-refractivity contribution >= 4 is 28.6 Å². The number of aryl methyl sites for hydroxylation is 1. The lowest BCUT2D eigenvalue weighted by molar-refractivity contribution is -0.0911. The van der Waals surface area contributed by atoms with Crippen LogP contribution in [0, 0.1) is 6.92 Å². The van der Waals surface area contributed by atoms with Gasteiger partial charge in [-0.15, -0.1) is 10.4 Å². The van der Waals surface area contributed by atoms with Crippen LogP contribution in [-0.4, -0.2) is 16.7 Å². The summed E-state index contributed by atoms with van der Waals surface area (Å²) in [6, 6.07) is 9.65. The fourth-order valence-corrected chi connectivity index (χ4v) is 1.91. The summed E-state index contributed by atoms with van der Waals surface area (Å²) in [5, 5.41) is 15.4. The molecule has 0 saturated heterocycles. The van der Waals surface area contributed by atoms with Crippen LogP contribution in [0.2, 0.25) is 5.02 Å². The minimum Gasteiger partial charge on any atom is -0.257 e. The van der Waals surface area contributed by atoms with E-state index in [2.05, 4.69) is 5.10 Å². The number of hydrazine groups is 1. The highest BCUT2D eigenvalue weighted by Gasteiger charge is 2.02. The number of benzene rings is 2. The maximum absolute atomic E-state index is 8.75. The van der Waals surface area contributed by atoms with Crippen LogP contribution in [0.15, 0.2) is 35.4 Å². The van der Waals surface area contributed by atoms with Crippen LogP contribution in [0.4, 0.5) is 0 Å². The van der Waals surface area contributed by atoms with E-state index in [9.17, 15) is 0 Å². The van der Waals surface area contributed by atoms with Gasteiger partial charge in [-0.05, 0) is 41.6 Å². The highest BCUT2D eigenvalue weighted by atomic mass is 35.5. The second-order valence-electron chi connectivity index (χ2n) is 3.73. The van der Waals surface area contributed by atoms with Gasteiger partial charge in [-0.3, -0.25) is 5.21 Å². The van der Waals surface area contributed by atoms with Gasteiger partial charge in [0.25, 0.3) is 0 Å². The van der Waals surface area contributed by atoms with Gasteiger partial charge in [0.1, 0.15) is 0 Å². The van der Waals surface area contributed by atoms with E-state index in [1.54, 1.807) is 0 Å². The second kappa shape index (κ2) is 4.71. The minimum atomic E-state index is 0.279. The molecule has 0 heterocycles. The third-order valence-electron chi connectivity index (χ3n) is 2.53. The summed E-state index contributed by atoms with van der Waals surface area (Å²) in [4.78, 5) is 0. The minimum absolute atomic E-state index is 0.279. The van der Waals surface area contributed by atoms with Crippen LogP contribution in [-0.2, 0) is 0 Å². The Hall–Kier alpha value is -1.62. The molecular weight excluding hydrogens is 238 g/mol. The molecule has 0 atom stereocenters. The lowest BCUT2D eigenvalue weighted by Gasteiger charge is -2.06. The number of nitrogens with zero attached hydrogens (tertiary/aromatic N) is 2. The maximum atomic E-state index is 8.75. The fraction of sp³-hybridized carbons (Fsp3) is 0.0833. The zero-order valence-corrected chi connectivity index (χ0v) is 10.0. The summed E-state index contributed by atoms with van der Waals surface area (Å²) in [6.07, 6.45) is 1.50. The van der Waals surface area contributed by atoms with E-state index >= 15 is 0 Å². The predicted molar refractivity (Wildman–Crippen MR) is 69.1 cm³/mol. The fourth-order valence-electron chi connectivity index (χ4n) is 1.67. The van der Waals surface area contributed by atoms with Crippen molar-refractivity contribution in [2.24, 2.45) is 10.9 Å². The molecule has 3 N–H and O–H groups in total. The first-order valence-corrected chi connectivity index (χ1v) is 5.42. The van der Waals surface area contributed by atoms with Gasteiger partial charge in [0.15, 0.2) is 0 Å². The topological polar surface area (TPSA) is 61.8 Å². The normalized spacial score (nSPS) is 11.3. The van der Waals surface area contributed by atoms with Crippen LogP contribution < -0.4 is 5.84 Å². The Bertz CT molecular complexity index is 581. The van der Waals surface area contributed by atoms with E-state index in [-0.39, 0.29) is 5.28 Å². The van der Waals surface area contributed by atoms with Crippen molar-refractivity contribution in [1.82, 2.24) is 5.28 Å². The second-order valence-corrected chi connectivity index (χ2v) is 4.14. The summed E-state index contributed by atoms with van der Waals surface area (Å²) in [7, 11) is 0. The number of hydrazone groups is 1. The van der Waals surface area contributed by atoms with Crippen molar-refractivity contribution < 1.29 is 5.21 Å². The third kappa shape index (κ3) is 2.55. The van der Waals surface area contributed by atoms with Crippen LogP contribution >= 0.6 is 11.6 Å². The van der Waals surface area contributed by atoms with Gasteiger partial charge in [-0.25, -0.2) is 5.84 Å². The molecule has 4 nitrogen and oxygen atoms in total. The molecule has 0 unspecified atom stereocenters. The Morgan fingerprint density at radius 1 is 1.41 bits per heavy atom. The molecule has 0 aliphatic rings. The van der Waals surface area contributed by atoms with Crippen molar-refractivity contribution in [3.05, 3.63) is 46.5 Å². The maximum Gasteiger partial charge on any atom is 0.0587 e. The number of rotatable bonds is 2. The van der Waals surface area contributed by atoms with E-state index in [0.29, 0.717) is 0 Å². The molecule has 2 aromatic carbocycles. The molecule has 0 bridgehead atoms. The van der Waals surface area contributed by atoms with Gasteiger partial charge >= 0.3 is 0 Å². The molecule has 0 spiro atoms. The molecular formula is C12H12ClN3O. The van der Waals surface area contributed by atoms with E-state index in [1.165, 1.54) is 6.21 Å². The summed E-state index contributed by atoms with van der Waals surface area (Å²) < 4.78 is 0. The van der Waals surface area contributed by atoms with E-state index in [0.717, 1.165) is 26.9 Å². The lowest BCUT2D eigenvalue weighted by atomic mass is 10.0. The van der Waals surface area contributed by atoms with Gasteiger partial charge < -0.3 is 0 Å². The quantitative estimate of drug-likeness (QED) is 0.489. The molecule has 88 valence electrons. The van der Waals surface area contributed by atoms with Crippen LogP contribution in [0.5, 0.6) is 0 Å². The zero-order valence-electron chi connectivity index (χ0n) is 9.26. The van der Waals surface area contributed by atoms with Crippen molar-refractivity contribution in [3.63, 3.8) is 0 Å². The van der Waals surface area contributed by atoms with E-state index in [4.69, 9.17) is 22.7 Å². The van der Waals surface area contributed by atoms with Gasteiger partial charge in [-0.1, -0.05) is 23.7 Å². The van der Waals surface area contributed by atoms with Gasteiger partial charge in [0.05, 0.1) is 6.21 Å². The monoisotopic (exact) mass is 249 g/mol. The van der Waals surface area contributed by atoms with E-state index < -0.39 is 0 Å². The van der Waals surface area contributed by atoms with Crippen molar-refractivity contribution in [3.8, 4) is 0 Å². The first-order valence-electron chi connectivity index (χ1n) is 5.04. The highest BCUT2D eigenvalue weighted by Crippen LogP contribution is 2.25. The number of fused-ring (bicyclic) bond motifs is 1. The largest absolute Gasteiger partial charge is 0.257 e. The smallest absolute Gasteiger partial charge is 0.0587 e. The lowest BCUT2D eigenvalue weighted by Crippen LogP contribution is -2.20. The molecule has 0 radical (unpaired) electrons. The summed E-state index contributed by atoms with van der Waals surface area (Å²) >= 11 is 6.11. The Labute approximate surface area is 104 Å². The first kappa shape index (κ1) is 11.9. The van der Waals surface area contributed by atoms with Gasteiger partial charge in [-0.2, -0.15) is 0 Å². The molecule has 0 amide bonds. The molecule has 17 heavy (non-hydrogen) atoms. The van der Waals surface area contributed by atoms with Crippen molar-refractivity contribution in [2.75, 3.05) is 0 Å².